The van der Waals surface area contributed by atoms with Crippen LogP contribution in [0.2, 0.25) is 0 Å². The molecule has 3 atom stereocenters. The molecule has 0 radical (unpaired) electrons. The highest BCUT2D eigenvalue weighted by Crippen LogP contribution is 2.54. The van der Waals surface area contributed by atoms with Crippen LogP contribution in [-0.4, -0.2) is 62.8 Å². The molecule has 0 unspecified atom stereocenters. The Balaban J connectivity index is 1.63. The molecule has 1 saturated heterocycles. The Kier molecular flexibility index (Phi) is 6.76. The fraction of sp³-hybridized carbons (Fsp3) is 0.550. The minimum atomic E-state index is -0.787. The number of amides is 3. The molecule has 1 aliphatic carbocycles. The van der Waals surface area contributed by atoms with Crippen LogP contribution in [0.5, 0.6) is 0 Å². The summed E-state index contributed by atoms with van der Waals surface area (Å²) in [5.74, 6) is -1.21. The topological polar surface area (TPSA) is 143 Å². The van der Waals surface area contributed by atoms with Gasteiger partial charge < -0.3 is 21.3 Å². The van der Waals surface area contributed by atoms with Crippen LogP contribution < -0.4 is 21.8 Å². The van der Waals surface area contributed by atoms with Crippen molar-refractivity contribution in [2.75, 3.05) is 18.4 Å². The number of aryl methyl sites for hydroxylation is 1. The number of primary amides is 1. The van der Waals surface area contributed by atoms with E-state index in [1.165, 1.54) is 6.20 Å². The van der Waals surface area contributed by atoms with E-state index in [-0.39, 0.29) is 36.0 Å². The van der Waals surface area contributed by atoms with Crippen LogP contribution in [0.25, 0.3) is 0 Å². The molecule has 6 N–H and O–H groups in total. The number of hydrogen-bond acceptors (Lipinski definition) is 5. The van der Waals surface area contributed by atoms with Gasteiger partial charge >= 0.3 is 5.91 Å². The fourth-order valence-electron chi connectivity index (χ4n) is 3.95. The number of nitrogens with two attached hydrogens (primary N) is 2. The van der Waals surface area contributed by atoms with Gasteiger partial charge in [0.1, 0.15) is 10.4 Å². The van der Waals surface area contributed by atoms with Gasteiger partial charge in [-0.25, -0.2) is 5.41 Å². The van der Waals surface area contributed by atoms with Crippen LogP contribution in [0.3, 0.4) is 0 Å². The van der Waals surface area contributed by atoms with Crippen molar-refractivity contribution in [1.82, 2.24) is 15.2 Å². The number of rotatable bonds is 8. The Morgan fingerprint density at radius 1 is 1.42 bits per heavy atom. The zero-order valence-corrected chi connectivity index (χ0v) is 19.0. The number of nitrogens with one attached hydrogen (secondary N) is 2. The number of likely N-dealkylation sites (tertiary alicyclic amines) is 1. The number of aromatic nitrogens is 1. The summed E-state index contributed by atoms with van der Waals surface area (Å²) in [6.07, 6.45) is 3.45. The minimum absolute atomic E-state index is 0.00551. The first-order chi connectivity index (χ1) is 14.5. The molecule has 0 aromatic carbocycles. The number of carbonyl (C=O) groups excluding carboxylic acids is 3. The molecule has 2 heterocycles. The monoisotopic (exact) mass is 469 g/mol. The summed E-state index contributed by atoms with van der Waals surface area (Å²) < 4.78 is -0.787. The van der Waals surface area contributed by atoms with E-state index < -0.39 is 16.3 Å². The first kappa shape index (κ1) is 23.3. The van der Waals surface area contributed by atoms with Crippen molar-refractivity contribution in [3.05, 3.63) is 23.5 Å². The predicted octanol–water partition coefficient (Wildman–Crippen LogP) is -0.475. The number of alkyl halides is 2. The SMILES string of the molecule is Cc1nccc(C(=[NH2+])C(N)=O)c1NCC(=O)N1CCC[C@H]1C(=O)N[C@H](C)[C@H]1CC1(Cl)Cl. The van der Waals surface area contributed by atoms with Crippen LogP contribution in [0.1, 0.15) is 37.4 Å². The van der Waals surface area contributed by atoms with Gasteiger partial charge in [0, 0.05) is 24.7 Å². The Morgan fingerprint density at radius 2 is 2.10 bits per heavy atom. The minimum Gasteiger partial charge on any atom is -0.374 e. The molecule has 3 rings (SSSR count). The molecular formula is C20H27Cl2N6O3+. The third-order valence-electron chi connectivity index (χ3n) is 5.84. The van der Waals surface area contributed by atoms with Gasteiger partial charge in [0.25, 0.3) is 5.71 Å². The zero-order chi connectivity index (χ0) is 22.9. The highest BCUT2D eigenvalue weighted by molar-refractivity contribution is 6.51. The smallest absolute Gasteiger partial charge is 0.313 e. The quantitative estimate of drug-likeness (QED) is 0.300. The molecule has 168 valence electrons. The van der Waals surface area contributed by atoms with Crippen LogP contribution in [0.15, 0.2) is 12.3 Å². The maximum absolute atomic E-state index is 12.9. The van der Waals surface area contributed by atoms with E-state index in [9.17, 15) is 14.4 Å². The summed E-state index contributed by atoms with van der Waals surface area (Å²) in [6.45, 7) is 3.99. The maximum atomic E-state index is 12.9. The summed E-state index contributed by atoms with van der Waals surface area (Å²) in [5.41, 5.74) is 6.57. The first-order valence-electron chi connectivity index (χ1n) is 10.1. The van der Waals surface area contributed by atoms with Gasteiger partial charge in [0.15, 0.2) is 0 Å². The highest BCUT2D eigenvalue weighted by atomic mass is 35.5. The predicted molar refractivity (Wildman–Crippen MR) is 118 cm³/mol. The van der Waals surface area contributed by atoms with Crippen LogP contribution in [0, 0.1) is 12.8 Å². The fourth-order valence-corrected chi connectivity index (χ4v) is 4.66. The Morgan fingerprint density at radius 3 is 2.71 bits per heavy atom. The van der Waals surface area contributed by atoms with Crippen molar-refractivity contribution in [2.45, 2.75) is 49.5 Å². The molecule has 2 aliphatic rings. The van der Waals surface area contributed by atoms with Gasteiger partial charge in [-0.2, -0.15) is 0 Å². The molecule has 1 aliphatic heterocycles. The van der Waals surface area contributed by atoms with E-state index in [1.54, 1.807) is 17.9 Å². The van der Waals surface area contributed by atoms with E-state index in [4.69, 9.17) is 34.3 Å². The van der Waals surface area contributed by atoms with Gasteiger partial charge in [-0.3, -0.25) is 19.4 Å². The van der Waals surface area contributed by atoms with E-state index >= 15 is 0 Å². The second kappa shape index (κ2) is 9.00. The average Bonchev–Trinajstić information content (AvgIpc) is 3.12. The lowest BCUT2D eigenvalue weighted by atomic mass is 10.1. The van der Waals surface area contributed by atoms with Gasteiger partial charge in [-0.15, -0.1) is 23.2 Å². The molecule has 9 nitrogen and oxygen atoms in total. The van der Waals surface area contributed by atoms with E-state index in [2.05, 4.69) is 15.6 Å². The van der Waals surface area contributed by atoms with Crippen molar-refractivity contribution >= 4 is 52.3 Å². The molecule has 0 spiro atoms. The average molecular weight is 470 g/mol. The standard InChI is InChI=1S/C20H26Cl2N6O3/c1-10(13-8-20(13,21)22)27-19(31)14-4-3-7-28(14)15(29)9-26-17-11(2)25-6-5-12(17)16(23)18(24)30/h5-6,10,13-14,23,26H,3-4,7-9H2,1-2H3,(H2,24,30)(H,27,31)/p+1/t10-,13-,14+/m1/s1. The molecule has 1 aromatic rings. The van der Waals surface area contributed by atoms with E-state index in [0.717, 1.165) is 6.42 Å². The molecular weight excluding hydrogens is 443 g/mol. The second-order valence-corrected chi connectivity index (χ2v) is 9.61. The highest BCUT2D eigenvalue weighted by Gasteiger charge is 2.55. The summed E-state index contributed by atoms with van der Waals surface area (Å²) in [6, 6.07) is 0.831. The summed E-state index contributed by atoms with van der Waals surface area (Å²) in [5, 5.41) is 11.7. The molecule has 11 heteroatoms. The number of hydrogen-bond donors (Lipinski definition) is 4. The number of anilines is 1. The zero-order valence-electron chi connectivity index (χ0n) is 17.5. The Hall–Kier alpha value is -2.39. The Labute approximate surface area is 190 Å². The lowest BCUT2D eigenvalue weighted by molar-refractivity contribution is -0.137. The number of nitrogens with zero attached hydrogens (tertiary/aromatic N) is 2. The van der Waals surface area contributed by atoms with Gasteiger partial charge in [-0.1, -0.05) is 0 Å². The largest absolute Gasteiger partial charge is 0.374 e. The summed E-state index contributed by atoms with van der Waals surface area (Å²) in [4.78, 5) is 42.9. The van der Waals surface area contributed by atoms with Gasteiger partial charge in [0.2, 0.25) is 11.8 Å². The number of halogens is 2. The second-order valence-electron chi connectivity index (χ2n) is 8.06. The normalized spacial score (nSPS) is 22.5. The van der Waals surface area contributed by atoms with Crippen molar-refractivity contribution in [3.8, 4) is 0 Å². The van der Waals surface area contributed by atoms with Crippen LogP contribution in [0.4, 0.5) is 5.69 Å². The molecule has 31 heavy (non-hydrogen) atoms. The molecule has 1 saturated carbocycles. The van der Waals surface area contributed by atoms with Crippen molar-refractivity contribution < 1.29 is 19.8 Å². The van der Waals surface area contributed by atoms with Crippen molar-refractivity contribution in [2.24, 2.45) is 11.7 Å². The van der Waals surface area contributed by atoms with Crippen molar-refractivity contribution in [1.29, 1.82) is 0 Å². The number of carbonyl (C=O) groups is 3. The number of pyridine rings is 1. The van der Waals surface area contributed by atoms with Crippen molar-refractivity contribution in [3.63, 3.8) is 0 Å². The molecule has 2 fully saturated rings. The van der Waals surface area contributed by atoms with Gasteiger partial charge in [-0.05, 0) is 39.2 Å². The lowest BCUT2D eigenvalue weighted by Gasteiger charge is -2.26. The lowest BCUT2D eigenvalue weighted by Crippen LogP contribution is -2.50. The third kappa shape index (κ3) is 5.10. The van der Waals surface area contributed by atoms with Crippen LogP contribution in [-0.2, 0) is 14.4 Å². The molecule has 3 amide bonds. The van der Waals surface area contributed by atoms with E-state index in [0.29, 0.717) is 36.3 Å². The molecule has 1 aromatic heterocycles. The molecule has 0 bridgehead atoms. The van der Waals surface area contributed by atoms with E-state index in [1.807, 2.05) is 6.92 Å². The van der Waals surface area contributed by atoms with Crippen LogP contribution >= 0.6 is 23.2 Å². The maximum Gasteiger partial charge on any atom is 0.313 e. The first-order valence-corrected chi connectivity index (χ1v) is 10.9. The van der Waals surface area contributed by atoms with Gasteiger partial charge in [0.05, 0.1) is 23.5 Å². The third-order valence-corrected chi connectivity index (χ3v) is 6.71. The summed E-state index contributed by atoms with van der Waals surface area (Å²) >= 11 is 12.2. The summed E-state index contributed by atoms with van der Waals surface area (Å²) in [7, 11) is 0. The Bertz CT molecular complexity index is 922.